The van der Waals surface area contributed by atoms with E-state index in [-0.39, 0.29) is 0 Å². The van der Waals surface area contributed by atoms with Crippen molar-refractivity contribution in [1.82, 2.24) is 0 Å². The van der Waals surface area contributed by atoms with Gasteiger partial charge < -0.3 is 0 Å². The molecule has 0 aliphatic carbocycles. The van der Waals surface area contributed by atoms with Crippen molar-refractivity contribution in [3.63, 3.8) is 0 Å². The Morgan fingerprint density at radius 1 is 0.941 bits per heavy atom. The number of anilines is 1. The molecule has 2 aromatic rings. The second kappa shape index (κ2) is 5.66. The Labute approximate surface area is 101 Å². The number of nitrogens with one attached hydrogen (secondary N) is 1. The van der Waals surface area contributed by atoms with E-state index < -0.39 is 0 Å². The first-order valence-electron chi connectivity index (χ1n) is 5.47. The molecule has 0 amide bonds. The molecule has 0 aliphatic heterocycles. The first-order chi connectivity index (χ1) is 8.40. The highest BCUT2D eigenvalue weighted by atomic mass is 15.3. The van der Waals surface area contributed by atoms with Crippen LogP contribution in [0.3, 0.4) is 0 Å². The zero-order valence-electron chi connectivity index (χ0n) is 9.51. The Balaban J connectivity index is 2.17. The largest absolute Gasteiger partial charge is 0.278 e. The Bertz CT molecular complexity index is 501. The minimum absolute atomic E-state index is 0.828. The molecule has 0 atom stereocenters. The molecule has 0 saturated carbocycles. The van der Waals surface area contributed by atoms with Gasteiger partial charge in [0.25, 0.3) is 0 Å². The van der Waals surface area contributed by atoms with Crippen molar-refractivity contribution in [3.8, 4) is 0 Å². The van der Waals surface area contributed by atoms with Crippen LogP contribution < -0.4 is 5.43 Å². The van der Waals surface area contributed by atoms with Crippen molar-refractivity contribution >= 4 is 11.4 Å². The van der Waals surface area contributed by atoms with Crippen LogP contribution in [0.1, 0.15) is 5.56 Å². The van der Waals surface area contributed by atoms with Crippen LogP contribution in [0, 0.1) is 0 Å². The minimum Gasteiger partial charge on any atom is -0.278 e. The topological polar surface area (TPSA) is 24.4 Å². The van der Waals surface area contributed by atoms with E-state index in [1.54, 1.807) is 6.08 Å². The van der Waals surface area contributed by atoms with Crippen LogP contribution in [0.15, 0.2) is 78.4 Å². The summed E-state index contributed by atoms with van der Waals surface area (Å²) in [5, 5.41) is 4.33. The number of allylic oxidation sites excluding steroid dienone is 1. The molecule has 0 unspecified atom stereocenters. The number of para-hydroxylation sites is 1. The van der Waals surface area contributed by atoms with Gasteiger partial charge in [0.1, 0.15) is 0 Å². The standard InChI is InChI=1S/C15H14N2/c1-2-15(13-9-5-3-6-10-13)17-16-14-11-7-4-8-12-14/h2-12,16H,1H2/b17-15+. The molecular formula is C15H14N2. The highest BCUT2D eigenvalue weighted by Crippen LogP contribution is 2.07. The van der Waals surface area contributed by atoms with Gasteiger partial charge in [-0.25, -0.2) is 0 Å². The number of benzene rings is 2. The molecule has 2 aromatic carbocycles. The minimum atomic E-state index is 0.828. The van der Waals surface area contributed by atoms with E-state index >= 15 is 0 Å². The molecule has 17 heavy (non-hydrogen) atoms. The van der Waals surface area contributed by atoms with Gasteiger partial charge in [-0.05, 0) is 18.2 Å². The lowest BCUT2D eigenvalue weighted by molar-refractivity contribution is 1.33. The quantitative estimate of drug-likeness (QED) is 0.619. The van der Waals surface area contributed by atoms with Gasteiger partial charge in [-0.2, -0.15) is 5.10 Å². The lowest BCUT2D eigenvalue weighted by Gasteiger charge is -2.03. The van der Waals surface area contributed by atoms with Gasteiger partial charge in [-0.3, -0.25) is 5.43 Å². The fraction of sp³-hybridized carbons (Fsp3) is 0. The van der Waals surface area contributed by atoms with Crippen molar-refractivity contribution in [2.75, 3.05) is 5.43 Å². The molecule has 84 valence electrons. The zero-order chi connectivity index (χ0) is 11.9. The molecule has 0 radical (unpaired) electrons. The van der Waals surface area contributed by atoms with Gasteiger partial charge >= 0.3 is 0 Å². The summed E-state index contributed by atoms with van der Waals surface area (Å²) in [6.07, 6.45) is 1.74. The van der Waals surface area contributed by atoms with Crippen LogP contribution in [0.5, 0.6) is 0 Å². The van der Waals surface area contributed by atoms with E-state index in [9.17, 15) is 0 Å². The average molecular weight is 222 g/mol. The van der Waals surface area contributed by atoms with E-state index in [0.29, 0.717) is 0 Å². The first kappa shape index (κ1) is 11.1. The Kier molecular flexibility index (Phi) is 3.71. The fourth-order valence-electron chi connectivity index (χ4n) is 1.47. The highest BCUT2D eigenvalue weighted by molar-refractivity contribution is 6.08. The smallest absolute Gasteiger partial charge is 0.0899 e. The van der Waals surface area contributed by atoms with Crippen molar-refractivity contribution in [2.45, 2.75) is 0 Å². The van der Waals surface area contributed by atoms with Gasteiger partial charge in [0.05, 0.1) is 11.4 Å². The maximum atomic E-state index is 4.33. The van der Waals surface area contributed by atoms with E-state index in [1.807, 2.05) is 60.7 Å². The second-order valence-electron chi connectivity index (χ2n) is 3.55. The van der Waals surface area contributed by atoms with Crippen LogP contribution in [0.4, 0.5) is 5.69 Å². The first-order valence-corrected chi connectivity index (χ1v) is 5.47. The monoisotopic (exact) mass is 222 g/mol. The summed E-state index contributed by atoms with van der Waals surface area (Å²) in [7, 11) is 0. The number of hydrogen-bond donors (Lipinski definition) is 1. The third-order valence-electron chi connectivity index (χ3n) is 2.34. The predicted octanol–water partition coefficient (Wildman–Crippen LogP) is 3.69. The van der Waals surface area contributed by atoms with Crippen LogP contribution in [-0.2, 0) is 0 Å². The van der Waals surface area contributed by atoms with Crippen LogP contribution in [0.2, 0.25) is 0 Å². The molecule has 2 nitrogen and oxygen atoms in total. The van der Waals surface area contributed by atoms with Gasteiger partial charge in [0.2, 0.25) is 0 Å². The predicted molar refractivity (Wildman–Crippen MR) is 73.2 cm³/mol. The molecule has 1 N–H and O–H groups in total. The number of hydrazone groups is 1. The molecule has 0 heterocycles. The normalized spacial score (nSPS) is 10.9. The van der Waals surface area contributed by atoms with Crippen LogP contribution in [0.25, 0.3) is 0 Å². The SMILES string of the molecule is C=C/C(=N\Nc1ccccc1)c1ccccc1. The molecule has 0 saturated heterocycles. The summed E-state index contributed by atoms with van der Waals surface area (Å²) < 4.78 is 0. The average Bonchev–Trinajstić information content (AvgIpc) is 2.42. The maximum absolute atomic E-state index is 4.33. The fourth-order valence-corrected chi connectivity index (χ4v) is 1.47. The van der Waals surface area contributed by atoms with Crippen molar-refractivity contribution in [3.05, 3.63) is 78.9 Å². The van der Waals surface area contributed by atoms with Gasteiger partial charge in [0, 0.05) is 5.56 Å². The number of nitrogens with zero attached hydrogens (tertiary/aromatic N) is 1. The molecule has 0 spiro atoms. The third kappa shape index (κ3) is 3.05. The molecule has 2 heteroatoms. The lowest BCUT2D eigenvalue weighted by Crippen LogP contribution is -2.00. The van der Waals surface area contributed by atoms with Crippen LogP contribution in [-0.4, -0.2) is 5.71 Å². The third-order valence-corrected chi connectivity index (χ3v) is 2.34. The summed E-state index contributed by atoms with van der Waals surface area (Å²) in [6.45, 7) is 3.78. The molecule has 0 aromatic heterocycles. The Hall–Kier alpha value is -2.35. The summed E-state index contributed by atoms with van der Waals surface area (Å²) in [5.74, 6) is 0. The van der Waals surface area contributed by atoms with Gasteiger partial charge in [-0.1, -0.05) is 55.1 Å². The van der Waals surface area contributed by atoms with E-state index in [4.69, 9.17) is 0 Å². The lowest BCUT2D eigenvalue weighted by atomic mass is 10.1. The Morgan fingerprint density at radius 3 is 2.12 bits per heavy atom. The van der Waals surface area contributed by atoms with Crippen molar-refractivity contribution < 1.29 is 0 Å². The molecule has 0 aliphatic rings. The Morgan fingerprint density at radius 2 is 1.53 bits per heavy atom. The highest BCUT2D eigenvalue weighted by Gasteiger charge is 1.97. The van der Waals surface area contributed by atoms with E-state index in [1.165, 1.54) is 0 Å². The van der Waals surface area contributed by atoms with Crippen molar-refractivity contribution in [1.29, 1.82) is 0 Å². The second-order valence-corrected chi connectivity index (χ2v) is 3.55. The molecule has 2 rings (SSSR count). The maximum Gasteiger partial charge on any atom is 0.0899 e. The number of rotatable bonds is 4. The summed E-state index contributed by atoms with van der Waals surface area (Å²) in [4.78, 5) is 0. The molecule has 0 fully saturated rings. The molecular weight excluding hydrogens is 208 g/mol. The van der Waals surface area contributed by atoms with E-state index in [2.05, 4.69) is 17.1 Å². The zero-order valence-corrected chi connectivity index (χ0v) is 9.51. The molecule has 0 bridgehead atoms. The van der Waals surface area contributed by atoms with Crippen LogP contribution >= 0.6 is 0 Å². The summed E-state index contributed by atoms with van der Waals surface area (Å²) in [5.41, 5.74) is 5.85. The summed E-state index contributed by atoms with van der Waals surface area (Å²) >= 11 is 0. The number of hydrogen-bond acceptors (Lipinski definition) is 2. The van der Waals surface area contributed by atoms with Gasteiger partial charge in [0.15, 0.2) is 0 Å². The van der Waals surface area contributed by atoms with Gasteiger partial charge in [-0.15, -0.1) is 0 Å². The van der Waals surface area contributed by atoms with E-state index in [0.717, 1.165) is 17.0 Å². The van der Waals surface area contributed by atoms with Crippen molar-refractivity contribution in [2.24, 2.45) is 5.10 Å². The summed E-state index contributed by atoms with van der Waals surface area (Å²) in [6, 6.07) is 19.8.